The van der Waals surface area contributed by atoms with Gasteiger partial charge in [0, 0.05) is 39.3 Å². The molecule has 0 spiro atoms. The van der Waals surface area contributed by atoms with E-state index in [0.29, 0.717) is 26.2 Å². The first-order valence-electron chi connectivity index (χ1n) is 13.9. The maximum atomic E-state index is 13.8. The van der Waals surface area contributed by atoms with Crippen molar-refractivity contribution in [2.24, 2.45) is 4.99 Å². The summed E-state index contributed by atoms with van der Waals surface area (Å²) in [7, 11) is -9.39. The highest BCUT2D eigenvalue weighted by atomic mass is 32.2. The van der Waals surface area contributed by atoms with E-state index < -0.39 is 54.9 Å². The Kier molecular flexibility index (Phi) is 10.8. The Morgan fingerprint density at radius 1 is 0.844 bits per heavy atom. The second kappa shape index (κ2) is 14.0. The monoisotopic (exact) mass is 669 g/mol. The highest BCUT2D eigenvalue weighted by molar-refractivity contribution is 7.86. The molecule has 246 valence electrons. The van der Waals surface area contributed by atoms with Gasteiger partial charge in [-0.3, -0.25) is 24.6 Å². The quantitative estimate of drug-likeness (QED) is 0.131. The molecule has 2 aliphatic heterocycles. The summed E-state index contributed by atoms with van der Waals surface area (Å²) >= 11 is 0. The molecular formula is C28H37F2N7O6S2. The van der Waals surface area contributed by atoms with Gasteiger partial charge < -0.3 is 10.2 Å². The van der Waals surface area contributed by atoms with Crippen molar-refractivity contribution in [3.63, 3.8) is 0 Å². The third kappa shape index (κ3) is 9.36. The summed E-state index contributed by atoms with van der Waals surface area (Å²) in [5.74, 6) is -6.52. The zero-order valence-corrected chi connectivity index (χ0v) is 26.0. The molecule has 6 N–H and O–H groups in total. The molecule has 0 aliphatic carbocycles. The first-order valence-corrected chi connectivity index (χ1v) is 17.2. The Labute approximate surface area is 261 Å². The zero-order valence-electron chi connectivity index (χ0n) is 24.4. The number of hydrogen-bond acceptors (Lipinski definition) is 11. The molecule has 13 nitrogen and oxygen atoms in total. The van der Waals surface area contributed by atoms with Gasteiger partial charge in [0.15, 0.2) is 17.5 Å². The van der Waals surface area contributed by atoms with Crippen LogP contribution in [0.25, 0.3) is 0 Å². The standard InChI is InChI=1S/C28H37F2N7O6S2/c1-3-13-31-27(19-44(38,39)40)33-26(34-28(35-27,32-14-4-2)20-45(41,42)43)37-17-15-36(16-18-37)25(21-5-9-23(29)10-6-21)22-7-11-24(30)12-8-22/h3-12,25,31-32,35H,1-2,13-20H2,(H,33,34)(H,38,39,40)(H,41,42,43). The summed E-state index contributed by atoms with van der Waals surface area (Å²) < 4.78 is 96.0. The zero-order chi connectivity index (χ0) is 32.9. The molecule has 1 saturated heterocycles. The molecule has 2 aliphatic rings. The summed E-state index contributed by atoms with van der Waals surface area (Å²) in [6.45, 7) is 8.70. The molecule has 2 aromatic carbocycles. The second-order valence-electron chi connectivity index (χ2n) is 10.8. The number of halogens is 2. The van der Waals surface area contributed by atoms with E-state index in [1.807, 2.05) is 0 Å². The van der Waals surface area contributed by atoms with Crippen molar-refractivity contribution in [2.45, 2.75) is 17.6 Å². The SMILES string of the molecule is C=CCNC1(CS(=O)(=O)O)N=C(N2CCN(C(c3ccc(F)cc3)c3ccc(F)cc3)CC2)NC(CS(=O)(=O)O)(NCC=C)N1. The molecule has 0 bridgehead atoms. The van der Waals surface area contributed by atoms with Crippen LogP contribution >= 0.6 is 0 Å². The summed E-state index contributed by atoms with van der Waals surface area (Å²) in [5, 5.41) is 11.6. The Morgan fingerprint density at radius 2 is 1.33 bits per heavy atom. The Balaban J connectivity index is 1.70. The predicted octanol–water partition coefficient (Wildman–Crippen LogP) is 0.855. The van der Waals surface area contributed by atoms with Crippen LogP contribution in [-0.2, 0) is 20.2 Å². The highest BCUT2D eigenvalue weighted by Crippen LogP contribution is 2.30. The maximum Gasteiger partial charge on any atom is 0.270 e. The lowest BCUT2D eigenvalue weighted by atomic mass is 9.96. The Morgan fingerprint density at radius 3 is 1.80 bits per heavy atom. The molecule has 0 radical (unpaired) electrons. The van der Waals surface area contributed by atoms with Crippen LogP contribution in [0.15, 0.2) is 78.8 Å². The van der Waals surface area contributed by atoms with Gasteiger partial charge >= 0.3 is 0 Å². The van der Waals surface area contributed by atoms with Crippen molar-refractivity contribution in [1.29, 1.82) is 0 Å². The number of nitrogens with zero attached hydrogens (tertiary/aromatic N) is 3. The van der Waals surface area contributed by atoms with Crippen LogP contribution in [0.4, 0.5) is 8.78 Å². The van der Waals surface area contributed by atoms with Crippen molar-refractivity contribution >= 4 is 26.2 Å². The Bertz CT molecular complexity index is 1560. The van der Waals surface area contributed by atoms with Gasteiger partial charge in [0.1, 0.15) is 23.1 Å². The van der Waals surface area contributed by atoms with E-state index in [4.69, 9.17) is 0 Å². The first kappa shape index (κ1) is 34.6. The van der Waals surface area contributed by atoms with Crippen LogP contribution in [0.5, 0.6) is 0 Å². The fraction of sp³-hybridized carbons (Fsp3) is 0.393. The van der Waals surface area contributed by atoms with Crippen molar-refractivity contribution < 1.29 is 34.7 Å². The van der Waals surface area contributed by atoms with E-state index in [1.165, 1.54) is 36.4 Å². The molecule has 2 unspecified atom stereocenters. The van der Waals surface area contributed by atoms with E-state index in [2.05, 4.69) is 44.3 Å². The smallest absolute Gasteiger partial charge is 0.270 e. The minimum absolute atomic E-state index is 0.00745. The van der Waals surface area contributed by atoms with Gasteiger partial charge in [-0.2, -0.15) is 16.8 Å². The van der Waals surface area contributed by atoms with Crippen LogP contribution in [0, 0.1) is 11.6 Å². The number of hydrogen-bond donors (Lipinski definition) is 6. The largest absolute Gasteiger partial charge is 0.340 e. The third-order valence-corrected chi connectivity index (χ3v) is 8.85. The van der Waals surface area contributed by atoms with Gasteiger partial charge in [-0.1, -0.05) is 36.4 Å². The maximum absolute atomic E-state index is 13.8. The van der Waals surface area contributed by atoms with Gasteiger partial charge in [-0.25, -0.2) is 19.1 Å². The molecule has 1 fully saturated rings. The van der Waals surface area contributed by atoms with Crippen LogP contribution in [0.3, 0.4) is 0 Å². The summed E-state index contributed by atoms with van der Waals surface area (Å²) in [5.41, 5.74) is 1.57. The molecule has 17 heteroatoms. The lowest BCUT2D eigenvalue weighted by Gasteiger charge is -2.50. The lowest BCUT2D eigenvalue weighted by molar-refractivity contribution is 0.114. The van der Waals surface area contributed by atoms with Crippen molar-refractivity contribution in [1.82, 2.24) is 31.1 Å². The number of guanidine groups is 1. The van der Waals surface area contributed by atoms with Crippen molar-refractivity contribution in [3.05, 3.63) is 96.6 Å². The van der Waals surface area contributed by atoms with Crippen LogP contribution in [0.2, 0.25) is 0 Å². The summed E-state index contributed by atoms with van der Waals surface area (Å²) in [6, 6.07) is 11.7. The normalized spacial score (nSPS) is 23.0. The number of benzene rings is 2. The molecule has 2 atom stereocenters. The molecule has 0 amide bonds. The highest BCUT2D eigenvalue weighted by Gasteiger charge is 2.50. The van der Waals surface area contributed by atoms with E-state index >= 15 is 0 Å². The molecule has 0 aromatic heterocycles. The topological polar surface area (TPSA) is 176 Å². The fourth-order valence-corrected chi connectivity index (χ4v) is 7.06. The Hall–Kier alpha value is -3.29. The van der Waals surface area contributed by atoms with Crippen LogP contribution in [0.1, 0.15) is 17.2 Å². The predicted molar refractivity (Wildman–Crippen MR) is 166 cm³/mol. The van der Waals surface area contributed by atoms with E-state index in [-0.39, 0.29) is 25.1 Å². The minimum Gasteiger partial charge on any atom is -0.340 e. The van der Waals surface area contributed by atoms with E-state index in [0.717, 1.165) is 11.1 Å². The average molecular weight is 670 g/mol. The van der Waals surface area contributed by atoms with Crippen LogP contribution < -0.4 is 21.3 Å². The summed E-state index contributed by atoms with van der Waals surface area (Å²) in [4.78, 5) is 8.46. The fourth-order valence-electron chi connectivity index (χ4n) is 5.50. The molecule has 2 heterocycles. The van der Waals surface area contributed by atoms with Gasteiger partial charge in [-0.15, -0.1) is 13.2 Å². The van der Waals surface area contributed by atoms with Gasteiger partial charge in [0.2, 0.25) is 0 Å². The van der Waals surface area contributed by atoms with Gasteiger partial charge in [0.25, 0.3) is 20.2 Å². The van der Waals surface area contributed by atoms with Crippen molar-refractivity contribution in [2.75, 3.05) is 50.8 Å². The molecule has 4 rings (SSSR count). The number of piperazine rings is 1. The molecular weight excluding hydrogens is 632 g/mol. The summed E-state index contributed by atoms with van der Waals surface area (Å²) in [6.07, 6.45) is 2.86. The van der Waals surface area contributed by atoms with Gasteiger partial charge in [0.05, 0.1) is 6.04 Å². The lowest BCUT2D eigenvalue weighted by Crippen LogP contribution is -2.83. The van der Waals surface area contributed by atoms with E-state index in [1.54, 1.807) is 29.2 Å². The molecule has 2 aromatic rings. The first-order chi connectivity index (χ1) is 21.2. The number of rotatable bonds is 13. The minimum atomic E-state index is -4.70. The molecule has 0 saturated carbocycles. The number of nitrogens with one attached hydrogen (secondary N) is 4. The second-order valence-corrected chi connectivity index (χ2v) is 13.7. The third-order valence-electron chi connectivity index (χ3n) is 7.27. The van der Waals surface area contributed by atoms with Crippen LogP contribution in [-0.4, -0.2) is 104 Å². The van der Waals surface area contributed by atoms with Crippen molar-refractivity contribution in [3.8, 4) is 0 Å². The van der Waals surface area contributed by atoms with Gasteiger partial charge in [-0.05, 0) is 35.4 Å². The molecule has 45 heavy (non-hydrogen) atoms. The van der Waals surface area contributed by atoms with E-state index in [9.17, 15) is 34.7 Å². The number of aliphatic imine (C=N–C) groups is 1. The average Bonchev–Trinajstić information content (AvgIpc) is 2.95.